The van der Waals surface area contributed by atoms with Gasteiger partial charge in [-0.1, -0.05) is 29.8 Å². The Morgan fingerprint density at radius 3 is 2.67 bits per heavy atom. The number of para-hydroxylation sites is 1. The predicted molar refractivity (Wildman–Crippen MR) is 94.2 cm³/mol. The molecule has 1 aliphatic rings. The summed E-state index contributed by atoms with van der Waals surface area (Å²) in [4.78, 5) is 18.1. The molecule has 0 bridgehead atoms. The second-order valence-electron chi connectivity index (χ2n) is 5.39. The number of nitrogens with zero attached hydrogens (tertiary/aromatic N) is 1. The molecule has 0 radical (unpaired) electrons. The molecule has 0 aliphatic carbocycles. The van der Waals surface area contributed by atoms with Crippen molar-refractivity contribution >= 4 is 28.9 Å². The smallest absolute Gasteiger partial charge is 0.331 e. The van der Waals surface area contributed by atoms with Gasteiger partial charge in [-0.15, -0.1) is 0 Å². The average molecular weight is 347 g/mol. The molecular weight excluding hydrogens is 328 g/mol. The van der Waals surface area contributed by atoms with Crippen molar-refractivity contribution in [1.29, 1.82) is 0 Å². The van der Waals surface area contributed by atoms with E-state index in [2.05, 4.69) is 5.32 Å². The summed E-state index contributed by atoms with van der Waals surface area (Å²) in [6, 6.07) is 14.1. The number of ether oxygens (including phenoxy) is 1. The number of fused-ring (bicyclic) bond motifs is 1. The van der Waals surface area contributed by atoms with Gasteiger partial charge in [-0.05, 0) is 37.3 Å². The van der Waals surface area contributed by atoms with E-state index in [0.717, 1.165) is 16.9 Å². The maximum absolute atomic E-state index is 12.5. The van der Waals surface area contributed by atoms with Crippen LogP contribution in [0.25, 0.3) is 0 Å². The molecule has 0 saturated heterocycles. The van der Waals surface area contributed by atoms with Crippen molar-refractivity contribution in [2.45, 2.75) is 19.0 Å². The highest BCUT2D eigenvalue weighted by Gasteiger charge is 2.42. The highest BCUT2D eigenvalue weighted by molar-refractivity contribution is 6.30. The van der Waals surface area contributed by atoms with E-state index >= 15 is 0 Å². The Balaban J connectivity index is 2.05. The summed E-state index contributed by atoms with van der Waals surface area (Å²) in [5.74, 6) is -0.326. The van der Waals surface area contributed by atoms with Crippen LogP contribution in [-0.2, 0) is 14.4 Å². The average Bonchev–Trinajstić information content (AvgIpc) is 2.96. The second kappa shape index (κ2) is 7.11. The molecule has 0 fully saturated rings. The van der Waals surface area contributed by atoms with Crippen LogP contribution in [0.4, 0.5) is 11.4 Å². The number of benzene rings is 2. The van der Waals surface area contributed by atoms with E-state index in [4.69, 9.17) is 21.2 Å². The monoisotopic (exact) mass is 346 g/mol. The lowest BCUT2D eigenvalue weighted by Gasteiger charge is -2.31. The maximum Gasteiger partial charge on any atom is 0.331 e. The van der Waals surface area contributed by atoms with Crippen LogP contribution in [0.15, 0.2) is 48.5 Å². The molecule has 1 N–H and O–H groups in total. The van der Waals surface area contributed by atoms with E-state index in [9.17, 15) is 4.79 Å². The Kier molecular flexibility index (Phi) is 4.92. The number of esters is 1. The normalized spacial score (nSPS) is 18.6. The zero-order valence-corrected chi connectivity index (χ0v) is 14.3. The number of anilines is 2. The molecule has 0 aromatic heterocycles. The molecule has 3 rings (SSSR count). The Bertz CT molecular complexity index is 723. The third-order valence-corrected chi connectivity index (χ3v) is 4.19. The quantitative estimate of drug-likeness (QED) is 0.659. The minimum Gasteiger partial charge on any atom is -0.464 e. The SMILES string of the molecule is CCOC(=O)C1Nc2ccc(Cl)cc2C1N(OC)c1ccccc1. The highest BCUT2D eigenvalue weighted by atomic mass is 35.5. The molecule has 2 atom stereocenters. The van der Waals surface area contributed by atoms with Crippen LogP contribution < -0.4 is 10.4 Å². The molecule has 2 aromatic rings. The molecule has 0 saturated carbocycles. The summed E-state index contributed by atoms with van der Waals surface area (Å²) >= 11 is 6.17. The fraction of sp³-hybridized carbons (Fsp3) is 0.278. The van der Waals surface area contributed by atoms with Crippen LogP contribution in [0.1, 0.15) is 18.5 Å². The van der Waals surface area contributed by atoms with Gasteiger partial charge in [-0.2, -0.15) is 0 Å². The summed E-state index contributed by atoms with van der Waals surface area (Å²) in [5, 5.41) is 5.54. The van der Waals surface area contributed by atoms with Crippen LogP contribution in [0.3, 0.4) is 0 Å². The third-order valence-electron chi connectivity index (χ3n) is 3.96. The van der Waals surface area contributed by atoms with Crippen molar-refractivity contribution in [2.75, 3.05) is 24.1 Å². The molecule has 0 amide bonds. The van der Waals surface area contributed by atoms with Crippen LogP contribution in [0, 0.1) is 0 Å². The molecule has 0 spiro atoms. The Morgan fingerprint density at radius 1 is 1.25 bits per heavy atom. The molecule has 126 valence electrons. The lowest BCUT2D eigenvalue weighted by molar-refractivity contribution is -0.144. The highest BCUT2D eigenvalue weighted by Crippen LogP contribution is 2.42. The van der Waals surface area contributed by atoms with Gasteiger partial charge >= 0.3 is 5.97 Å². The van der Waals surface area contributed by atoms with Gasteiger partial charge < -0.3 is 10.1 Å². The number of carbonyl (C=O) groups excluding carboxylic acids is 1. The zero-order valence-electron chi connectivity index (χ0n) is 13.5. The van der Waals surface area contributed by atoms with E-state index in [1.807, 2.05) is 42.5 Å². The molecule has 2 unspecified atom stereocenters. The number of hydrogen-bond donors (Lipinski definition) is 1. The molecule has 1 aliphatic heterocycles. The first-order chi connectivity index (χ1) is 11.7. The van der Waals surface area contributed by atoms with Crippen molar-refractivity contribution in [3.8, 4) is 0 Å². The van der Waals surface area contributed by atoms with Gasteiger partial charge in [0.1, 0.15) is 6.04 Å². The molecule has 5 nitrogen and oxygen atoms in total. The molecule has 1 heterocycles. The van der Waals surface area contributed by atoms with Crippen molar-refractivity contribution in [3.63, 3.8) is 0 Å². The molecule has 2 aromatic carbocycles. The number of halogens is 1. The van der Waals surface area contributed by atoms with E-state index in [0.29, 0.717) is 11.6 Å². The van der Waals surface area contributed by atoms with Gasteiger partial charge in [0.05, 0.1) is 19.4 Å². The fourth-order valence-electron chi connectivity index (χ4n) is 2.97. The number of carbonyl (C=O) groups is 1. The van der Waals surface area contributed by atoms with Gasteiger partial charge in [0.25, 0.3) is 0 Å². The van der Waals surface area contributed by atoms with Crippen LogP contribution in [-0.4, -0.2) is 25.7 Å². The van der Waals surface area contributed by atoms with Crippen molar-refractivity contribution in [1.82, 2.24) is 0 Å². The summed E-state index contributed by atoms with van der Waals surface area (Å²) in [5.41, 5.74) is 2.58. The Labute approximate surface area is 146 Å². The minimum absolute atomic E-state index is 0.319. The van der Waals surface area contributed by atoms with Crippen molar-refractivity contribution in [3.05, 3.63) is 59.1 Å². The fourth-order valence-corrected chi connectivity index (χ4v) is 3.15. The molecule has 6 heteroatoms. The van der Waals surface area contributed by atoms with E-state index in [1.54, 1.807) is 25.2 Å². The largest absolute Gasteiger partial charge is 0.464 e. The number of hydrogen-bond acceptors (Lipinski definition) is 5. The van der Waals surface area contributed by atoms with Gasteiger partial charge in [0.2, 0.25) is 0 Å². The lowest BCUT2D eigenvalue weighted by Crippen LogP contribution is -2.41. The van der Waals surface area contributed by atoms with Gasteiger partial charge in [0, 0.05) is 16.3 Å². The first kappa shape index (κ1) is 16.6. The van der Waals surface area contributed by atoms with Gasteiger partial charge in [-0.25, -0.2) is 9.86 Å². The molecule has 24 heavy (non-hydrogen) atoms. The van der Waals surface area contributed by atoms with E-state index in [-0.39, 0.29) is 12.0 Å². The maximum atomic E-state index is 12.5. The number of hydroxylamine groups is 1. The third kappa shape index (κ3) is 3.05. The van der Waals surface area contributed by atoms with Crippen LogP contribution in [0.5, 0.6) is 0 Å². The van der Waals surface area contributed by atoms with Crippen molar-refractivity contribution in [2.24, 2.45) is 0 Å². The van der Waals surface area contributed by atoms with Gasteiger partial charge in [0.15, 0.2) is 6.04 Å². The Hall–Kier alpha value is -2.24. The molecular formula is C18H19ClN2O3. The summed E-state index contributed by atoms with van der Waals surface area (Å²) in [7, 11) is 1.58. The minimum atomic E-state index is -0.585. The Morgan fingerprint density at radius 2 is 2.00 bits per heavy atom. The summed E-state index contributed by atoms with van der Waals surface area (Å²) in [6.45, 7) is 2.11. The summed E-state index contributed by atoms with van der Waals surface area (Å²) in [6.07, 6.45) is 0. The van der Waals surface area contributed by atoms with Gasteiger partial charge in [-0.3, -0.25) is 4.84 Å². The van der Waals surface area contributed by atoms with E-state index < -0.39 is 6.04 Å². The van der Waals surface area contributed by atoms with Crippen LogP contribution >= 0.6 is 11.6 Å². The first-order valence-corrected chi connectivity index (χ1v) is 8.14. The number of rotatable bonds is 5. The number of nitrogens with one attached hydrogen (secondary N) is 1. The summed E-state index contributed by atoms with van der Waals surface area (Å²) < 4.78 is 5.23. The van der Waals surface area contributed by atoms with Crippen LogP contribution in [0.2, 0.25) is 5.02 Å². The zero-order chi connectivity index (χ0) is 17.1. The lowest BCUT2D eigenvalue weighted by atomic mass is 10.0. The van der Waals surface area contributed by atoms with Crippen molar-refractivity contribution < 1.29 is 14.4 Å². The second-order valence-corrected chi connectivity index (χ2v) is 5.83. The predicted octanol–water partition coefficient (Wildman–Crippen LogP) is 3.81. The standard InChI is InChI=1S/C18H19ClN2O3/c1-3-24-18(22)16-17(14-11-12(19)9-10-15(14)20-16)21(23-2)13-7-5-4-6-8-13/h4-11,16-17,20H,3H2,1-2H3. The topological polar surface area (TPSA) is 50.8 Å². The first-order valence-electron chi connectivity index (χ1n) is 7.76. The van der Waals surface area contributed by atoms with E-state index in [1.165, 1.54) is 0 Å².